The van der Waals surface area contributed by atoms with E-state index < -0.39 is 0 Å². The van der Waals surface area contributed by atoms with Crippen LogP contribution in [0.5, 0.6) is 0 Å². The molecule has 2 atom stereocenters. The Hall–Kier alpha value is -0.900. The number of rotatable bonds is 6. The quantitative estimate of drug-likeness (QED) is 0.845. The maximum absolute atomic E-state index is 10.4. The summed E-state index contributed by atoms with van der Waals surface area (Å²) in [6.45, 7) is 8.95. The van der Waals surface area contributed by atoms with Crippen molar-refractivity contribution in [3.05, 3.63) is 35.9 Å². The number of hydrogen-bond acceptors (Lipinski definition) is 3. The van der Waals surface area contributed by atoms with E-state index in [2.05, 4.69) is 43.1 Å². The number of nitrogens with zero attached hydrogens (tertiary/aromatic N) is 1. The average molecular weight is 290 g/mol. The molecule has 0 bridgehead atoms. The van der Waals surface area contributed by atoms with Crippen LogP contribution in [0.4, 0.5) is 0 Å². The van der Waals surface area contributed by atoms with Gasteiger partial charge in [0.15, 0.2) is 0 Å². The van der Waals surface area contributed by atoms with Crippen LogP contribution in [0.25, 0.3) is 0 Å². The molecule has 2 rings (SSSR count). The Balaban J connectivity index is 1.75. The van der Waals surface area contributed by atoms with E-state index in [-0.39, 0.29) is 12.1 Å². The van der Waals surface area contributed by atoms with Crippen LogP contribution in [0.2, 0.25) is 0 Å². The van der Waals surface area contributed by atoms with E-state index in [9.17, 15) is 5.11 Å². The summed E-state index contributed by atoms with van der Waals surface area (Å²) < 4.78 is 0. The number of benzene rings is 1. The van der Waals surface area contributed by atoms with Gasteiger partial charge in [0.1, 0.15) is 0 Å². The summed E-state index contributed by atoms with van der Waals surface area (Å²) in [5.41, 5.74) is 1.20. The van der Waals surface area contributed by atoms with Gasteiger partial charge < -0.3 is 15.3 Å². The SMILES string of the molecule is CC(NC1CCN(C(C)C)CC1)C(O)Cc1ccccc1. The Kier molecular flexibility index (Phi) is 6.22. The van der Waals surface area contributed by atoms with E-state index in [4.69, 9.17) is 0 Å². The molecule has 0 saturated carbocycles. The van der Waals surface area contributed by atoms with Crippen LogP contribution in [0.3, 0.4) is 0 Å². The number of piperidine rings is 1. The van der Waals surface area contributed by atoms with Crippen molar-refractivity contribution in [2.75, 3.05) is 13.1 Å². The second kappa shape index (κ2) is 7.92. The third-order valence-corrected chi connectivity index (χ3v) is 4.62. The van der Waals surface area contributed by atoms with Gasteiger partial charge in [-0.1, -0.05) is 30.3 Å². The summed E-state index contributed by atoms with van der Waals surface area (Å²) >= 11 is 0. The molecule has 0 amide bonds. The molecule has 1 heterocycles. The molecular formula is C18H30N2O. The van der Waals surface area contributed by atoms with E-state index in [0.29, 0.717) is 12.1 Å². The Labute approximate surface area is 129 Å². The van der Waals surface area contributed by atoms with Crippen molar-refractivity contribution in [3.63, 3.8) is 0 Å². The zero-order chi connectivity index (χ0) is 15.2. The van der Waals surface area contributed by atoms with Crippen molar-refractivity contribution < 1.29 is 5.11 Å². The predicted octanol–water partition coefficient (Wildman–Crippen LogP) is 2.44. The van der Waals surface area contributed by atoms with Crippen LogP contribution in [0, 0.1) is 0 Å². The second-order valence-electron chi connectivity index (χ2n) is 6.62. The highest BCUT2D eigenvalue weighted by Gasteiger charge is 2.24. The topological polar surface area (TPSA) is 35.5 Å². The lowest BCUT2D eigenvalue weighted by molar-refractivity contribution is 0.108. The molecule has 2 unspecified atom stereocenters. The summed E-state index contributed by atoms with van der Waals surface area (Å²) in [6.07, 6.45) is 2.76. The minimum atomic E-state index is -0.324. The predicted molar refractivity (Wildman–Crippen MR) is 88.5 cm³/mol. The van der Waals surface area contributed by atoms with Gasteiger partial charge in [0, 0.05) is 18.1 Å². The van der Waals surface area contributed by atoms with Crippen molar-refractivity contribution in [3.8, 4) is 0 Å². The van der Waals surface area contributed by atoms with Gasteiger partial charge in [-0.25, -0.2) is 0 Å². The standard InChI is InChI=1S/C18H30N2O/c1-14(2)20-11-9-17(10-12-20)19-15(3)18(21)13-16-7-5-4-6-8-16/h4-8,14-15,17-19,21H,9-13H2,1-3H3. The van der Waals surface area contributed by atoms with Crippen LogP contribution < -0.4 is 5.32 Å². The first kappa shape index (κ1) is 16.5. The lowest BCUT2D eigenvalue weighted by Crippen LogP contribution is -2.50. The fraction of sp³-hybridized carbons (Fsp3) is 0.667. The molecule has 1 aromatic carbocycles. The number of hydrogen-bond donors (Lipinski definition) is 2. The lowest BCUT2D eigenvalue weighted by atomic mass is 9.99. The fourth-order valence-corrected chi connectivity index (χ4v) is 3.10. The number of nitrogens with one attached hydrogen (secondary N) is 1. The highest BCUT2D eigenvalue weighted by Crippen LogP contribution is 2.14. The maximum Gasteiger partial charge on any atom is 0.0730 e. The van der Waals surface area contributed by atoms with Crippen LogP contribution in [0.1, 0.15) is 39.2 Å². The van der Waals surface area contributed by atoms with Crippen LogP contribution in [-0.4, -0.2) is 47.3 Å². The molecule has 118 valence electrons. The van der Waals surface area contributed by atoms with Gasteiger partial charge in [0.05, 0.1) is 6.10 Å². The van der Waals surface area contributed by atoms with Crippen LogP contribution >= 0.6 is 0 Å². The van der Waals surface area contributed by atoms with Crippen molar-refractivity contribution in [2.24, 2.45) is 0 Å². The number of likely N-dealkylation sites (tertiary alicyclic amines) is 1. The van der Waals surface area contributed by atoms with E-state index in [1.165, 1.54) is 18.4 Å². The molecule has 0 aromatic heterocycles. The Morgan fingerprint density at radius 1 is 1.14 bits per heavy atom. The van der Waals surface area contributed by atoms with Crippen molar-refractivity contribution >= 4 is 0 Å². The smallest absolute Gasteiger partial charge is 0.0730 e. The van der Waals surface area contributed by atoms with E-state index >= 15 is 0 Å². The van der Waals surface area contributed by atoms with Gasteiger partial charge in [0.25, 0.3) is 0 Å². The van der Waals surface area contributed by atoms with Crippen LogP contribution in [-0.2, 0) is 6.42 Å². The molecule has 1 saturated heterocycles. The number of aliphatic hydroxyl groups is 1. The van der Waals surface area contributed by atoms with E-state index in [0.717, 1.165) is 19.5 Å². The molecule has 1 aromatic rings. The minimum absolute atomic E-state index is 0.140. The summed E-state index contributed by atoms with van der Waals surface area (Å²) in [5, 5.41) is 14.0. The molecule has 0 radical (unpaired) electrons. The summed E-state index contributed by atoms with van der Waals surface area (Å²) in [5.74, 6) is 0. The highest BCUT2D eigenvalue weighted by molar-refractivity contribution is 5.15. The van der Waals surface area contributed by atoms with E-state index in [1.807, 2.05) is 18.2 Å². The third kappa shape index (κ3) is 5.10. The van der Waals surface area contributed by atoms with Gasteiger partial charge in [-0.2, -0.15) is 0 Å². The molecular weight excluding hydrogens is 260 g/mol. The normalized spacial score (nSPS) is 20.6. The first-order valence-electron chi connectivity index (χ1n) is 8.28. The molecule has 1 aliphatic rings. The maximum atomic E-state index is 10.4. The molecule has 1 fully saturated rings. The molecule has 0 aliphatic carbocycles. The van der Waals surface area contributed by atoms with Gasteiger partial charge in [-0.05, 0) is 58.7 Å². The molecule has 3 heteroatoms. The molecule has 1 aliphatic heterocycles. The lowest BCUT2D eigenvalue weighted by Gasteiger charge is -2.36. The van der Waals surface area contributed by atoms with Gasteiger partial charge in [-0.3, -0.25) is 0 Å². The van der Waals surface area contributed by atoms with Gasteiger partial charge in [-0.15, -0.1) is 0 Å². The first-order chi connectivity index (χ1) is 10.1. The van der Waals surface area contributed by atoms with Gasteiger partial charge >= 0.3 is 0 Å². The summed E-state index contributed by atoms with van der Waals surface area (Å²) in [6, 6.07) is 11.6. The average Bonchev–Trinajstić information content (AvgIpc) is 2.48. The zero-order valence-electron chi connectivity index (χ0n) is 13.6. The van der Waals surface area contributed by atoms with Crippen molar-refractivity contribution in [2.45, 2.75) is 64.3 Å². The second-order valence-corrected chi connectivity index (χ2v) is 6.62. The third-order valence-electron chi connectivity index (χ3n) is 4.62. The Morgan fingerprint density at radius 3 is 2.33 bits per heavy atom. The summed E-state index contributed by atoms with van der Waals surface area (Å²) in [4.78, 5) is 2.53. The molecule has 3 nitrogen and oxygen atoms in total. The monoisotopic (exact) mass is 290 g/mol. The van der Waals surface area contributed by atoms with Gasteiger partial charge in [0.2, 0.25) is 0 Å². The van der Waals surface area contributed by atoms with Crippen molar-refractivity contribution in [1.82, 2.24) is 10.2 Å². The fourth-order valence-electron chi connectivity index (χ4n) is 3.10. The minimum Gasteiger partial charge on any atom is -0.391 e. The van der Waals surface area contributed by atoms with Crippen LogP contribution in [0.15, 0.2) is 30.3 Å². The largest absolute Gasteiger partial charge is 0.391 e. The highest BCUT2D eigenvalue weighted by atomic mass is 16.3. The first-order valence-corrected chi connectivity index (χ1v) is 8.28. The Morgan fingerprint density at radius 2 is 1.76 bits per heavy atom. The van der Waals surface area contributed by atoms with Crippen molar-refractivity contribution in [1.29, 1.82) is 0 Å². The molecule has 0 spiro atoms. The number of aliphatic hydroxyl groups excluding tert-OH is 1. The zero-order valence-corrected chi connectivity index (χ0v) is 13.6. The molecule has 21 heavy (non-hydrogen) atoms. The summed E-state index contributed by atoms with van der Waals surface area (Å²) in [7, 11) is 0. The van der Waals surface area contributed by atoms with E-state index in [1.54, 1.807) is 0 Å². The Bertz CT molecular complexity index is 399. The molecule has 2 N–H and O–H groups in total.